The van der Waals surface area contributed by atoms with E-state index in [-0.39, 0.29) is 29.0 Å². The highest BCUT2D eigenvalue weighted by Crippen LogP contribution is 2.28. The Kier molecular flexibility index (Phi) is 15.4. The first-order valence-corrected chi connectivity index (χ1v) is 17.3. The van der Waals surface area contributed by atoms with Crippen LogP contribution in [-0.2, 0) is 14.9 Å². The predicted molar refractivity (Wildman–Crippen MR) is 200 cm³/mol. The van der Waals surface area contributed by atoms with Crippen LogP contribution in [-0.4, -0.2) is 31.3 Å². The van der Waals surface area contributed by atoms with E-state index in [0.717, 1.165) is 42.4 Å². The Labute approximate surface area is 297 Å². The summed E-state index contributed by atoms with van der Waals surface area (Å²) in [6.45, 7) is 11.0. The number of carbonyl (C=O) groups excluding carboxylic acids is 3. The summed E-state index contributed by atoms with van der Waals surface area (Å²) in [5.41, 5.74) is 4.62. The molecule has 6 nitrogen and oxygen atoms in total. The molecule has 0 saturated carbocycles. The van der Waals surface area contributed by atoms with Gasteiger partial charge >= 0.3 is 5.97 Å². The number of rotatable bonds is 14. The van der Waals surface area contributed by atoms with Crippen molar-refractivity contribution >= 4 is 23.1 Å². The normalized spacial score (nSPS) is 11.2. The minimum atomic E-state index is -0.546. The minimum absolute atomic E-state index is 0.0422. The van der Waals surface area contributed by atoms with E-state index in [9.17, 15) is 19.6 Å². The highest BCUT2D eigenvalue weighted by atomic mass is 16.5. The number of methoxy groups -OCH3 is 1. The van der Waals surface area contributed by atoms with Gasteiger partial charge in [0.1, 0.15) is 17.4 Å². The number of nitrogens with zero attached hydrogens (tertiary/aromatic N) is 1. The van der Waals surface area contributed by atoms with Crippen molar-refractivity contribution in [3.05, 3.63) is 143 Å². The van der Waals surface area contributed by atoms with E-state index >= 15 is 0 Å². The quantitative estimate of drug-likeness (QED) is 0.0435. The molecule has 0 aliphatic rings. The van der Waals surface area contributed by atoms with Gasteiger partial charge in [-0.15, -0.1) is 0 Å². The van der Waals surface area contributed by atoms with Crippen LogP contribution in [0.25, 0.3) is 5.57 Å². The maximum Gasteiger partial charge on any atom is 0.349 e. The van der Waals surface area contributed by atoms with Crippen LogP contribution in [0, 0.1) is 17.2 Å². The maximum absolute atomic E-state index is 12.8. The van der Waals surface area contributed by atoms with Crippen LogP contribution in [0.15, 0.2) is 115 Å². The molecule has 0 amide bonds. The summed E-state index contributed by atoms with van der Waals surface area (Å²) >= 11 is 0. The molecule has 1 atom stereocenters. The Balaban J connectivity index is 0.000000274. The van der Waals surface area contributed by atoms with Crippen molar-refractivity contribution in [1.82, 2.24) is 0 Å². The number of carbonyl (C=O) groups is 3. The molecule has 0 fully saturated rings. The average molecular weight is 672 g/mol. The van der Waals surface area contributed by atoms with E-state index in [1.165, 1.54) is 0 Å². The number of ketones is 2. The summed E-state index contributed by atoms with van der Waals surface area (Å²) < 4.78 is 10.6. The fraction of sp³-hybridized carbons (Fsp3) is 0.318. The molecule has 4 rings (SSSR count). The summed E-state index contributed by atoms with van der Waals surface area (Å²) in [5, 5.41) is 9.74. The highest BCUT2D eigenvalue weighted by molar-refractivity contribution is 6.13. The lowest BCUT2D eigenvalue weighted by molar-refractivity contribution is -0.139. The van der Waals surface area contributed by atoms with Crippen molar-refractivity contribution in [3.63, 3.8) is 0 Å². The molecule has 0 aliphatic carbocycles. The number of nitriles is 1. The number of unbranched alkanes of at least 4 members (excludes halogenated alkanes) is 1. The number of esters is 1. The van der Waals surface area contributed by atoms with Crippen molar-refractivity contribution in [3.8, 4) is 11.8 Å². The van der Waals surface area contributed by atoms with Gasteiger partial charge in [-0.2, -0.15) is 5.26 Å². The molecule has 1 unspecified atom stereocenters. The van der Waals surface area contributed by atoms with Gasteiger partial charge in [-0.3, -0.25) is 9.59 Å². The number of Topliss-reactive ketones (excluding diaryl/α,β-unsaturated/α-hetero) is 2. The number of ether oxygens (including phenoxy) is 2. The number of benzene rings is 4. The molecule has 4 aromatic rings. The molecule has 6 heteroatoms. The lowest BCUT2D eigenvalue weighted by Gasteiger charge is -2.18. The summed E-state index contributed by atoms with van der Waals surface area (Å²) in [5.74, 6) is 0.135. The standard InChI is InChI=1S/C24H27NO2.C20H22O3/c1-3-5-12-19(4-2)18-27-24(26)22(17-25)23(20-13-8-6-9-14-20)21-15-10-7-11-16-21;1-20(2,3)16-9-5-14(6-10-16)18(21)13-19(22)15-7-11-17(23-4)12-8-15/h6-11,13-16,19H,3-5,12,18H2,1-2H3;5-12H,13H2,1-4H3. The van der Waals surface area contributed by atoms with Crippen LogP contribution < -0.4 is 4.74 Å². The molecule has 0 aromatic heterocycles. The summed E-state index contributed by atoms with van der Waals surface area (Å²) in [6, 6.07) is 35.4. The van der Waals surface area contributed by atoms with E-state index in [1.807, 2.05) is 72.8 Å². The van der Waals surface area contributed by atoms with Crippen LogP contribution in [0.5, 0.6) is 5.75 Å². The topological polar surface area (TPSA) is 93.5 Å². The van der Waals surface area contributed by atoms with Crippen molar-refractivity contribution in [2.75, 3.05) is 13.7 Å². The lowest BCUT2D eigenvalue weighted by atomic mass is 9.86. The Morgan fingerprint density at radius 2 is 1.22 bits per heavy atom. The maximum atomic E-state index is 12.8. The van der Waals surface area contributed by atoms with Crippen molar-refractivity contribution < 1.29 is 23.9 Å². The molecule has 0 aliphatic heterocycles. The number of hydrogen-bond acceptors (Lipinski definition) is 6. The molecular formula is C44H49NO5. The van der Waals surface area contributed by atoms with Crippen LogP contribution in [0.1, 0.15) is 104 Å². The van der Waals surface area contributed by atoms with E-state index in [4.69, 9.17) is 9.47 Å². The molecule has 4 aromatic carbocycles. The van der Waals surface area contributed by atoms with Gasteiger partial charge in [0.2, 0.25) is 0 Å². The Hall–Kier alpha value is -5.28. The molecule has 0 N–H and O–H groups in total. The first-order chi connectivity index (χ1) is 24.0. The summed E-state index contributed by atoms with van der Waals surface area (Å²) in [7, 11) is 1.57. The van der Waals surface area contributed by atoms with E-state index < -0.39 is 5.97 Å². The second-order valence-corrected chi connectivity index (χ2v) is 13.2. The van der Waals surface area contributed by atoms with Crippen LogP contribution in [0.4, 0.5) is 0 Å². The summed E-state index contributed by atoms with van der Waals surface area (Å²) in [6.07, 6.45) is 4.12. The fourth-order valence-electron chi connectivity index (χ4n) is 5.32. The van der Waals surface area contributed by atoms with Crippen LogP contribution in [0.3, 0.4) is 0 Å². The van der Waals surface area contributed by atoms with Gasteiger partial charge in [0, 0.05) is 16.7 Å². The Morgan fingerprint density at radius 3 is 1.64 bits per heavy atom. The zero-order valence-corrected chi connectivity index (χ0v) is 30.2. The third kappa shape index (κ3) is 11.7. The third-order valence-corrected chi connectivity index (χ3v) is 8.49. The van der Waals surface area contributed by atoms with Crippen molar-refractivity contribution in [2.24, 2.45) is 5.92 Å². The highest BCUT2D eigenvalue weighted by Gasteiger charge is 2.21. The first-order valence-electron chi connectivity index (χ1n) is 17.3. The Bertz CT molecular complexity index is 1700. The van der Waals surface area contributed by atoms with E-state index in [0.29, 0.717) is 35.0 Å². The van der Waals surface area contributed by atoms with Crippen molar-refractivity contribution in [1.29, 1.82) is 5.26 Å². The van der Waals surface area contributed by atoms with Gasteiger partial charge in [0.25, 0.3) is 0 Å². The SMILES string of the molecule is CCCCC(CC)COC(=O)C(C#N)=C(c1ccccc1)c1ccccc1.COc1ccc(C(=O)CC(=O)c2ccc(C(C)(C)C)cc2)cc1. The second kappa shape index (κ2) is 19.7. The first kappa shape index (κ1) is 39.2. The Morgan fingerprint density at radius 1 is 0.720 bits per heavy atom. The fourth-order valence-corrected chi connectivity index (χ4v) is 5.32. The predicted octanol–water partition coefficient (Wildman–Crippen LogP) is 10.2. The monoisotopic (exact) mass is 671 g/mol. The molecule has 0 saturated heterocycles. The van der Waals surface area contributed by atoms with E-state index in [1.54, 1.807) is 43.5 Å². The number of hydrogen-bond donors (Lipinski definition) is 0. The molecule has 0 heterocycles. The molecule has 0 radical (unpaired) electrons. The molecule has 260 valence electrons. The van der Waals surface area contributed by atoms with Gasteiger partial charge in [0.05, 0.1) is 20.1 Å². The minimum Gasteiger partial charge on any atom is -0.497 e. The molecular weight excluding hydrogens is 622 g/mol. The molecule has 0 spiro atoms. The van der Waals surface area contributed by atoms with Gasteiger partial charge in [-0.25, -0.2) is 4.79 Å². The van der Waals surface area contributed by atoms with Gasteiger partial charge in [0.15, 0.2) is 11.6 Å². The average Bonchev–Trinajstić information content (AvgIpc) is 3.14. The van der Waals surface area contributed by atoms with E-state index in [2.05, 4.69) is 40.7 Å². The van der Waals surface area contributed by atoms with Gasteiger partial charge in [-0.1, -0.05) is 139 Å². The largest absolute Gasteiger partial charge is 0.497 e. The van der Waals surface area contributed by atoms with Gasteiger partial charge in [-0.05, 0) is 58.7 Å². The lowest BCUT2D eigenvalue weighted by Crippen LogP contribution is -2.16. The third-order valence-electron chi connectivity index (χ3n) is 8.49. The van der Waals surface area contributed by atoms with Crippen LogP contribution >= 0.6 is 0 Å². The molecule has 50 heavy (non-hydrogen) atoms. The smallest absolute Gasteiger partial charge is 0.349 e. The van der Waals surface area contributed by atoms with Gasteiger partial charge < -0.3 is 9.47 Å². The second-order valence-electron chi connectivity index (χ2n) is 13.2. The zero-order valence-electron chi connectivity index (χ0n) is 30.2. The van der Waals surface area contributed by atoms with Crippen LogP contribution in [0.2, 0.25) is 0 Å². The zero-order chi connectivity index (χ0) is 36.5. The molecule has 0 bridgehead atoms. The summed E-state index contributed by atoms with van der Waals surface area (Å²) in [4.78, 5) is 37.2. The van der Waals surface area contributed by atoms with Crippen molar-refractivity contribution in [2.45, 2.75) is 72.1 Å².